The molecule has 114 valence electrons. The number of aliphatic hydroxyl groups excluding tert-OH is 1. The van der Waals surface area contributed by atoms with Gasteiger partial charge in [0.1, 0.15) is 5.65 Å². The highest BCUT2D eigenvalue weighted by Crippen LogP contribution is 2.25. The van der Waals surface area contributed by atoms with Crippen molar-refractivity contribution in [2.75, 3.05) is 0 Å². The van der Waals surface area contributed by atoms with E-state index >= 15 is 0 Å². The van der Waals surface area contributed by atoms with Gasteiger partial charge in [0.25, 0.3) is 0 Å². The van der Waals surface area contributed by atoms with E-state index < -0.39 is 6.10 Å². The van der Waals surface area contributed by atoms with Crippen LogP contribution in [0.25, 0.3) is 5.65 Å². The van der Waals surface area contributed by atoms with Gasteiger partial charge in [-0.05, 0) is 43.5 Å². The smallest absolute Gasteiger partial charge is 0.137 e. The molecule has 0 amide bonds. The Bertz CT molecular complexity index is 804. The van der Waals surface area contributed by atoms with Gasteiger partial charge in [0.2, 0.25) is 0 Å². The second-order valence-corrected chi connectivity index (χ2v) is 5.97. The number of imidazole rings is 1. The monoisotopic (exact) mass is 294 g/mol. The Morgan fingerprint density at radius 2 is 1.91 bits per heavy atom. The summed E-state index contributed by atoms with van der Waals surface area (Å²) in [4.78, 5) is 4.77. The molecule has 3 aromatic rings. The van der Waals surface area contributed by atoms with Gasteiger partial charge >= 0.3 is 0 Å². The molecule has 1 atom stereocenters. The lowest BCUT2D eigenvalue weighted by molar-refractivity contribution is 0.167. The first kappa shape index (κ1) is 14.8. The standard InChI is InChI=1S/C19H22N2O/c1-4-17(22)19-16(12-15-7-5-6-13(2)10-15)20-18-11-14(3)8-9-21(18)19/h5-11,17,22H,4,12H2,1-3H3. The van der Waals surface area contributed by atoms with Crippen LogP contribution in [0, 0.1) is 13.8 Å². The van der Waals surface area contributed by atoms with Crippen molar-refractivity contribution in [1.29, 1.82) is 0 Å². The summed E-state index contributed by atoms with van der Waals surface area (Å²) in [5.74, 6) is 0. The number of hydrogen-bond donors (Lipinski definition) is 1. The van der Waals surface area contributed by atoms with Crippen molar-refractivity contribution in [3.63, 3.8) is 0 Å². The number of hydrogen-bond acceptors (Lipinski definition) is 2. The van der Waals surface area contributed by atoms with Crippen LogP contribution in [0.3, 0.4) is 0 Å². The third-order valence-electron chi connectivity index (χ3n) is 4.05. The molecule has 1 unspecified atom stereocenters. The van der Waals surface area contributed by atoms with E-state index in [9.17, 15) is 5.11 Å². The number of benzene rings is 1. The van der Waals surface area contributed by atoms with Crippen LogP contribution in [0.15, 0.2) is 42.6 Å². The normalized spacial score (nSPS) is 12.7. The summed E-state index contributed by atoms with van der Waals surface area (Å²) in [5.41, 5.74) is 6.44. The lowest BCUT2D eigenvalue weighted by atomic mass is 10.0. The van der Waals surface area contributed by atoms with Crippen LogP contribution in [-0.4, -0.2) is 14.5 Å². The number of fused-ring (bicyclic) bond motifs is 1. The van der Waals surface area contributed by atoms with E-state index in [-0.39, 0.29) is 0 Å². The fourth-order valence-electron chi connectivity index (χ4n) is 2.91. The van der Waals surface area contributed by atoms with Crippen molar-refractivity contribution in [3.05, 3.63) is 70.7 Å². The van der Waals surface area contributed by atoms with E-state index in [1.807, 2.05) is 17.5 Å². The van der Waals surface area contributed by atoms with Crippen molar-refractivity contribution in [2.45, 2.75) is 39.7 Å². The molecule has 0 radical (unpaired) electrons. The van der Waals surface area contributed by atoms with E-state index in [0.29, 0.717) is 6.42 Å². The molecular formula is C19H22N2O. The lowest BCUT2D eigenvalue weighted by Crippen LogP contribution is -2.04. The number of nitrogens with zero attached hydrogens (tertiary/aromatic N) is 2. The molecule has 3 nitrogen and oxygen atoms in total. The molecule has 22 heavy (non-hydrogen) atoms. The van der Waals surface area contributed by atoms with E-state index in [1.165, 1.54) is 16.7 Å². The maximum absolute atomic E-state index is 10.4. The minimum Gasteiger partial charge on any atom is -0.387 e. The Labute approximate surface area is 131 Å². The summed E-state index contributed by atoms with van der Waals surface area (Å²) in [7, 11) is 0. The van der Waals surface area contributed by atoms with Gasteiger partial charge in [0.05, 0.1) is 17.5 Å². The SMILES string of the molecule is CCC(O)c1c(Cc2cccc(C)c2)nc2cc(C)ccn12. The summed E-state index contributed by atoms with van der Waals surface area (Å²) >= 11 is 0. The zero-order valence-electron chi connectivity index (χ0n) is 13.4. The average molecular weight is 294 g/mol. The number of rotatable bonds is 4. The van der Waals surface area contributed by atoms with Crippen LogP contribution in [-0.2, 0) is 6.42 Å². The summed E-state index contributed by atoms with van der Waals surface area (Å²) < 4.78 is 2.02. The van der Waals surface area contributed by atoms with Crippen LogP contribution >= 0.6 is 0 Å². The maximum atomic E-state index is 10.4. The number of pyridine rings is 1. The molecule has 3 heteroatoms. The molecule has 0 aliphatic rings. The third kappa shape index (κ3) is 2.77. The summed E-state index contributed by atoms with van der Waals surface area (Å²) in [6.07, 6.45) is 2.95. The van der Waals surface area contributed by atoms with Crippen LogP contribution in [0.5, 0.6) is 0 Å². The second-order valence-electron chi connectivity index (χ2n) is 5.97. The summed E-state index contributed by atoms with van der Waals surface area (Å²) in [5, 5.41) is 10.4. The summed E-state index contributed by atoms with van der Waals surface area (Å²) in [6.45, 7) is 6.15. The maximum Gasteiger partial charge on any atom is 0.137 e. The molecule has 3 rings (SSSR count). The summed E-state index contributed by atoms with van der Waals surface area (Å²) in [6, 6.07) is 12.6. The Hall–Kier alpha value is -2.13. The van der Waals surface area contributed by atoms with Crippen LogP contribution < -0.4 is 0 Å². The Kier molecular flexibility index (Phi) is 3.99. The van der Waals surface area contributed by atoms with Crippen molar-refractivity contribution >= 4 is 5.65 Å². The highest BCUT2D eigenvalue weighted by Gasteiger charge is 2.18. The molecule has 2 heterocycles. The topological polar surface area (TPSA) is 37.5 Å². The van der Waals surface area contributed by atoms with Gasteiger partial charge < -0.3 is 9.51 Å². The zero-order valence-corrected chi connectivity index (χ0v) is 13.4. The van der Waals surface area contributed by atoms with Gasteiger partial charge in [-0.2, -0.15) is 0 Å². The van der Waals surface area contributed by atoms with Crippen molar-refractivity contribution < 1.29 is 5.11 Å². The highest BCUT2D eigenvalue weighted by molar-refractivity contribution is 5.47. The van der Waals surface area contributed by atoms with Crippen molar-refractivity contribution in [2.24, 2.45) is 0 Å². The van der Waals surface area contributed by atoms with E-state index in [2.05, 4.69) is 50.2 Å². The molecule has 0 bridgehead atoms. The molecule has 0 spiro atoms. The number of aryl methyl sites for hydroxylation is 2. The molecule has 0 aliphatic carbocycles. The molecule has 1 aromatic carbocycles. The minimum atomic E-state index is -0.488. The fourth-order valence-corrected chi connectivity index (χ4v) is 2.91. The molecule has 0 aliphatic heterocycles. The lowest BCUT2D eigenvalue weighted by Gasteiger charge is -2.11. The van der Waals surface area contributed by atoms with Crippen LogP contribution in [0.2, 0.25) is 0 Å². The van der Waals surface area contributed by atoms with Gasteiger partial charge in [0, 0.05) is 12.6 Å². The Balaban J connectivity index is 2.11. The molecule has 1 N–H and O–H groups in total. The predicted octanol–water partition coefficient (Wildman–Crippen LogP) is 3.99. The van der Waals surface area contributed by atoms with Crippen molar-refractivity contribution in [3.8, 4) is 0 Å². The first-order chi connectivity index (χ1) is 10.6. The van der Waals surface area contributed by atoms with Gasteiger partial charge in [-0.3, -0.25) is 0 Å². The molecule has 0 saturated heterocycles. The van der Waals surface area contributed by atoms with Crippen LogP contribution in [0.4, 0.5) is 0 Å². The highest BCUT2D eigenvalue weighted by atomic mass is 16.3. The Morgan fingerprint density at radius 3 is 2.64 bits per heavy atom. The van der Waals surface area contributed by atoms with Crippen molar-refractivity contribution in [1.82, 2.24) is 9.38 Å². The van der Waals surface area contributed by atoms with E-state index in [4.69, 9.17) is 4.98 Å². The first-order valence-corrected chi connectivity index (χ1v) is 7.79. The predicted molar refractivity (Wildman–Crippen MR) is 89.2 cm³/mol. The number of aromatic nitrogens is 2. The molecule has 0 saturated carbocycles. The quantitative estimate of drug-likeness (QED) is 0.790. The molecular weight excluding hydrogens is 272 g/mol. The van der Waals surface area contributed by atoms with Crippen LogP contribution in [0.1, 0.15) is 47.5 Å². The first-order valence-electron chi connectivity index (χ1n) is 7.79. The second kappa shape index (κ2) is 5.93. The minimum absolute atomic E-state index is 0.488. The molecule has 0 fully saturated rings. The largest absolute Gasteiger partial charge is 0.387 e. The van der Waals surface area contributed by atoms with Gasteiger partial charge in [-0.1, -0.05) is 36.8 Å². The number of aliphatic hydroxyl groups is 1. The Morgan fingerprint density at radius 1 is 1.14 bits per heavy atom. The third-order valence-corrected chi connectivity index (χ3v) is 4.05. The van der Waals surface area contributed by atoms with Gasteiger partial charge in [0.15, 0.2) is 0 Å². The fraction of sp³-hybridized carbons (Fsp3) is 0.316. The molecule has 2 aromatic heterocycles. The van der Waals surface area contributed by atoms with E-state index in [1.54, 1.807) is 0 Å². The zero-order chi connectivity index (χ0) is 15.7. The van der Waals surface area contributed by atoms with Gasteiger partial charge in [-0.25, -0.2) is 4.98 Å². The van der Waals surface area contributed by atoms with E-state index in [0.717, 1.165) is 23.5 Å². The van der Waals surface area contributed by atoms with Gasteiger partial charge in [-0.15, -0.1) is 0 Å². The average Bonchev–Trinajstić information content (AvgIpc) is 2.83.